The van der Waals surface area contributed by atoms with Gasteiger partial charge in [-0.2, -0.15) is 0 Å². The van der Waals surface area contributed by atoms with E-state index in [1.807, 2.05) is 60.7 Å². The van der Waals surface area contributed by atoms with Gasteiger partial charge in [0.05, 0.1) is 6.61 Å². The molecule has 0 aliphatic rings. The molecule has 2 aromatic carbocycles. The highest BCUT2D eigenvalue weighted by Gasteiger charge is 2.04. The lowest BCUT2D eigenvalue weighted by Crippen LogP contribution is -2.03. The summed E-state index contributed by atoms with van der Waals surface area (Å²) in [6, 6.07) is 19.3. The SMILES string of the molecule is O=C(CCOPc1ccccc1)c1ccccc1. The van der Waals surface area contributed by atoms with Crippen LogP contribution in [0.4, 0.5) is 0 Å². The van der Waals surface area contributed by atoms with E-state index in [2.05, 4.69) is 0 Å². The van der Waals surface area contributed by atoms with Crippen LogP contribution < -0.4 is 5.30 Å². The monoisotopic (exact) mass is 258 g/mol. The van der Waals surface area contributed by atoms with Crippen molar-refractivity contribution in [3.63, 3.8) is 0 Å². The van der Waals surface area contributed by atoms with Crippen LogP contribution in [0, 0.1) is 0 Å². The van der Waals surface area contributed by atoms with E-state index in [1.165, 1.54) is 0 Å². The third kappa shape index (κ3) is 4.06. The fourth-order valence-electron chi connectivity index (χ4n) is 1.55. The fourth-order valence-corrected chi connectivity index (χ4v) is 2.25. The minimum Gasteiger partial charge on any atom is -0.357 e. The molecule has 0 N–H and O–H groups in total. The molecule has 0 radical (unpaired) electrons. The maximum Gasteiger partial charge on any atom is 0.165 e. The molecular weight excluding hydrogens is 243 g/mol. The molecule has 0 aliphatic heterocycles. The van der Waals surface area contributed by atoms with Crippen LogP contribution in [0.3, 0.4) is 0 Å². The molecule has 1 atom stereocenters. The molecule has 2 nitrogen and oxygen atoms in total. The molecule has 0 saturated heterocycles. The largest absolute Gasteiger partial charge is 0.357 e. The lowest BCUT2D eigenvalue weighted by atomic mass is 10.1. The van der Waals surface area contributed by atoms with Gasteiger partial charge in [0, 0.05) is 20.8 Å². The van der Waals surface area contributed by atoms with Crippen molar-refractivity contribution in [3.05, 3.63) is 66.2 Å². The summed E-state index contributed by atoms with van der Waals surface area (Å²) in [6.45, 7) is 0.473. The predicted molar refractivity (Wildman–Crippen MR) is 75.7 cm³/mol. The molecule has 3 heteroatoms. The second-order valence-corrected chi connectivity index (χ2v) is 4.93. The van der Waals surface area contributed by atoms with Crippen molar-refractivity contribution in [1.82, 2.24) is 0 Å². The van der Waals surface area contributed by atoms with E-state index in [9.17, 15) is 4.79 Å². The molecule has 0 aromatic heterocycles. The molecule has 2 rings (SSSR count). The summed E-state index contributed by atoms with van der Waals surface area (Å²) in [6.07, 6.45) is 0.434. The number of carbonyl (C=O) groups is 1. The Labute approximate surface area is 109 Å². The Hall–Kier alpha value is -1.50. The quantitative estimate of drug-likeness (QED) is 0.452. The first-order valence-electron chi connectivity index (χ1n) is 5.87. The fraction of sp³-hybridized carbons (Fsp3) is 0.133. The van der Waals surface area contributed by atoms with Gasteiger partial charge in [0.2, 0.25) is 0 Å². The van der Waals surface area contributed by atoms with Gasteiger partial charge < -0.3 is 4.52 Å². The smallest absolute Gasteiger partial charge is 0.165 e. The topological polar surface area (TPSA) is 26.3 Å². The zero-order chi connectivity index (χ0) is 12.6. The summed E-state index contributed by atoms with van der Waals surface area (Å²) in [7, 11) is 0.309. The molecule has 0 heterocycles. The molecule has 1 unspecified atom stereocenters. The third-order valence-electron chi connectivity index (χ3n) is 2.49. The minimum absolute atomic E-state index is 0.133. The van der Waals surface area contributed by atoms with Gasteiger partial charge in [-0.3, -0.25) is 4.79 Å². The molecule has 2 aromatic rings. The zero-order valence-corrected chi connectivity index (χ0v) is 11.0. The number of carbonyl (C=O) groups excluding carboxylic acids is 1. The van der Waals surface area contributed by atoms with E-state index in [0.29, 0.717) is 21.8 Å². The first kappa shape index (κ1) is 12.9. The Balaban J connectivity index is 1.72. The van der Waals surface area contributed by atoms with Crippen LogP contribution >= 0.6 is 8.81 Å². The van der Waals surface area contributed by atoms with Gasteiger partial charge in [-0.15, -0.1) is 0 Å². The summed E-state index contributed by atoms with van der Waals surface area (Å²) in [5.41, 5.74) is 0.754. The Kier molecular flexibility index (Phi) is 5.07. The van der Waals surface area contributed by atoms with Crippen LogP contribution in [-0.4, -0.2) is 12.4 Å². The number of Topliss-reactive ketones (excluding diaryl/α,β-unsaturated/α-hetero) is 1. The van der Waals surface area contributed by atoms with Crippen LogP contribution in [0.1, 0.15) is 16.8 Å². The summed E-state index contributed by atoms with van der Waals surface area (Å²) in [5.74, 6) is 0.133. The van der Waals surface area contributed by atoms with Crippen LogP contribution in [0.5, 0.6) is 0 Å². The van der Waals surface area contributed by atoms with E-state index in [1.54, 1.807) is 0 Å². The van der Waals surface area contributed by atoms with Crippen molar-refractivity contribution >= 4 is 19.9 Å². The maximum atomic E-state index is 11.8. The van der Waals surface area contributed by atoms with E-state index >= 15 is 0 Å². The Bertz CT molecular complexity index is 482. The van der Waals surface area contributed by atoms with E-state index in [0.717, 1.165) is 10.9 Å². The van der Waals surface area contributed by atoms with Crippen molar-refractivity contribution < 1.29 is 9.32 Å². The van der Waals surface area contributed by atoms with Crippen LogP contribution in [0.2, 0.25) is 0 Å². The van der Waals surface area contributed by atoms with Crippen LogP contribution in [-0.2, 0) is 4.52 Å². The number of rotatable bonds is 6. The number of hydrogen-bond donors (Lipinski definition) is 0. The van der Waals surface area contributed by atoms with Crippen molar-refractivity contribution in [2.75, 3.05) is 6.61 Å². The number of benzene rings is 2. The molecule has 0 saturated carbocycles. The van der Waals surface area contributed by atoms with E-state index in [4.69, 9.17) is 4.52 Å². The van der Waals surface area contributed by atoms with Crippen molar-refractivity contribution in [2.24, 2.45) is 0 Å². The highest BCUT2D eigenvalue weighted by atomic mass is 31.1. The molecule has 92 valence electrons. The normalized spacial score (nSPS) is 10.9. The highest BCUT2D eigenvalue weighted by molar-refractivity contribution is 7.41. The van der Waals surface area contributed by atoms with Crippen molar-refractivity contribution in [3.8, 4) is 0 Å². The first-order chi connectivity index (χ1) is 8.86. The second-order valence-electron chi connectivity index (χ2n) is 3.86. The van der Waals surface area contributed by atoms with Crippen LogP contribution in [0.25, 0.3) is 0 Å². The average molecular weight is 258 g/mol. The molecule has 18 heavy (non-hydrogen) atoms. The molecular formula is C15H15O2P. The molecule has 0 bridgehead atoms. The van der Waals surface area contributed by atoms with Gasteiger partial charge in [0.15, 0.2) is 5.78 Å². The standard InChI is InChI=1S/C15H15O2P/c16-15(13-7-3-1-4-8-13)11-12-17-18-14-9-5-2-6-10-14/h1-10,18H,11-12H2. The van der Waals surface area contributed by atoms with Gasteiger partial charge in [0.1, 0.15) is 0 Å². The van der Waals surface area contributed by atoms with E-state index in [-0.39, 0.29) is 5.78 Å². The lowest BCUT2D eigenvalue weighted by molar-refractivity contribution is 0.0966. The maximum absolute atomic E-state index is 11.8. The average Bonchev–Trinajstić information content (AvgIpc) is 2.45. The van der Waals surface area contributed by atoms with Crippen molar-refractivity contribution in [2.45, 2.75) is 6.42 Å². The first-order valence-corrected chi connectivity index (χ1v) is 6.78. The molecule has 0 spiro atoms. The molecule has 0 aliphatic carbocycles. The summed E-state index contributed by atoms with van der Waals surface area (Å²) in [5, 5.41) is 1.16. The summed E-state index contributed by atoms with van der Waals surface area (Å²) < 4.78 is 5.52. The third-order valence-corrected chi connectivity index (χ3v) is 3.41. The minimum atomic E-state index is 0.133. The van der Waals surface area contributed by atoms with Gasteiger partial charge in [-0.1, -0.05) is 60.7 Å². The predicted octanol–water partition coefficient (Wildman–Crippen LogP) is 3.20. The lowest BCUT2D eigenvalue weighted by Gasteiger charge is -2.03. The van der Waals surface area contributed by atoms with Gasteiger partial charge >= 0.3 is 0 Å². The molecule has 0 fully saturated rings. The Morgan fingerprint density at radius 2 is 1.56 bits per heavy atom. The Morgan fingerprint density at radius 1 is 0.944 bits per heavy atom. The van der Waals surface area contributed by atoms with E-state index < -0.39 is 0 Å². The highest BCUT2D eigenvalue weighted by Crippen LogP contribution is 2.12. The van der Waals surface area contributed by atoms with Gasteiger partial charge in [0.25, 0.3) is 0 Å². The van der Waals surface area contributed by atoms with Crippen LogP contribution in [0.15, 0.2) is 60.7 Å². The second kappa shape index (κ2) is 7.05. The van der Waals surface area contributed by atoms with Gasteiger partial charge in [-0.05, 0) is 5.30 Å². The summed E-state index contributed by atoms with van der Waals surface area (Å²) >= 11 is 0. The number of ketones is 1. The number of hydrogen-bond acceptors (Lipinski definition) is 2. The Morgan fingerprint density at radius 3 is 2.22 bits per heavy atom. The molecule has 0 amide bonds. The summed E-state index contributed by atoms with van der Waals surface area (Å²) in [4.78, 5) is 11.8. The zero-order valence-electron chi connectivity index (χ0n) is 10.0. The van der Waals surface area contributed by atoms with Crippen molar-refractivity contribution in [1.29, 1.82) is 0 Å². The van der Waals surface area contributed by atoms with Gasteiger partial charge in [-0.25, -0.2) is 0 Å².